The minimum Gasteiger partial charge on any atom is -0.395 e. The first-order valence-corrected chi connectivity index (χ1v) is 10.9. The van der Waals surface area contributed by atoms with Crippen molar-refractivity contribution in [2.24, 2.45) is 11.3 Å². The minimum absolute atomic E-state index is 0.0608. The number of ketones is 2. The van der Waals surface area contributed by atoms with E-state index in [1.807, 2.05) is 46.8 Å². The minimum atomic E-state index is -0.358. The third-order valence-electron chi connectivity index (χ3n) is 5.73. The van der Waals surface area contributed by atoms with Crippen LogP contribution in [0.4, 0.5) is 0 Å². The number of piperazine rings is 1. The molecule has 0 aromatic heterocycles. The Morgan fingerprint density at radius 2 is 1.79 bits per heavy atom. The maximum Gasteiger partial charge on any atom is 0.168 e. The van der Waals surface area contributed by atoms with Crippen LogP contribution in [-0.2, 0) is 11.2 Å². The molecule has 0 bridgehead atoms. The van der Waals surface area contributed by atoms with Gasteiger partial charge in [0.25, 0.3) is 0 Å². The van der Waals surface area contributed by atoms with Crippen LogP contribution in [0.15, 0.2) is 24.3 Å². The number of aliphatic hydroxyl groups is 1. The summed E-state index contributed by atoms with van der Waals surface area (Å²) in [5.74, 6) is 0.498. The second kappa shape index (κ2) is 10.5. The maximum atomic E-state index is 12.3. The Hall–Kier alpha value is -1.56. The smallest absolute Gasteiger partial charge is 0.168 e. The van der Waals surface area contributed by atoms with Crippen LogP contribution in [-0.4, -0.2) is 71.8 Å². The zero-order valence-electron chi connectivity index (χ0n) is 18.8. The normalized spacial score (nSPS) is 18.9. The first-order valence-electron chi connectivity index (χ1n) is 10.9. The molecule has 0 spiro atoms. The third-order valence-corrected chi connectivity index (χ3v) is 5.73. The third kappa shape index (κ3) is 7.02. The molecule has 1 aliphatic heterocycles. The predicted molar refractivity (Wildman–Crippen MR) is 117 cm³/mol. The van der Waals surface area contributed by atoms with E-state index in [2.05, 4.69) is 21.9 Å². The van der Waals surface area contributed by atoms with Gasteiger partial charge < -0.3 is 5.11 Å². The van der Waals surface area contributed by atoms with Crippen molar-refractivity contribution in [3.05, 3.63) is 35.4 Å². The van der Waals surface area contributed by atoms with E-state index in [0.29, 0.717) is 6.54 Å². The first kappa shape index (κ1) is 23.7. The summed E-state index contributed by atoms with van der Waals surface area (Å²) in [5, 5.41) is 9.80. The number of Topliss-reactive ketones (excluding diaryl/α,β-unsaturated/α-hetero) is 2. The number of aliphatic hydroxyl groups excluding tert-OH is 1. The second-order valence-electron chi connectivity index (χ2n) is 9.61. The highest BCUT2D eigenvalue weighted by molar-refractivity contribution is 5.99. The second-order valence-corrected chi connectivity index (χ2v) is 9.61. The molecule has 5 heteroatoms. The number of hydrogen-bond donors (Lipinski definition) is 1. The van der Waals surface area contributed by atoms with Crippen molar-refractivity contribution in [2.45, 2.75) is 53.5 Å². The molecule has 1 saturated heterocycles. The van der Waals surface area contributed by atoms with Crippen molar-refractivity contribution in [1.82, 2.24) is 9.80 Å². The summed E-state index contributed by atoms with van der Waals surface area (Å²) in [6.07, 6.45) is 1.96. The molecule has 1 heterocycles. The lowest BCUT2D eigenvalue weighted by Gasteiger charge is -2.40. The fourth-order valence-corrected chi connectivity index (χ4v) is 3.71. The van der Waals surface area contributed by atoms with Crippen molar-refractivity contribution in [3.8, 4) is 0 Å². The molecule has 1 aliphatic rings. The number of nitrogens with zero attached hydrogens (tertiary/aromatic N) is 2. The molecule has 0 radical (unpaired) electrons. The predicted octanol–water partition coefficient (Wildman–Crippen LogP) is 3.05. The molecule has 162 valence electrons. The summed E-state index contributed by atoms with van der Waals surface area (Å²) in [6.45, 7) is 13.8. The Balaban J connectivity index is 1.81. The lowest BCUT2D eigenvalue weighted by molar-refractivity contribution is -0.124. The quantitative estimate of drug-likeness (QED) is 0.643. The molecular weight excluding hydrogens is 364 g/mol. The molecular formula is C24H38N2O3. The molecule has 1 atom stereocenters. The molecule has 2 rings (SSSR count). The monoisotopic (exact) mass is 402 g/mol. The zero-order chi connectivity index (χ0) is 21.6. The van der Waals surface area contributed by atoms with E-state index in [1.165, 1.54) is 5.56 Å². The standard InChI is InChI=1S/C24H38N2O3/c1-18(2)22(28)16-25-13-14-26(21(15-25)17-27)12-6-7-19-8-10-20(11-9-19)23(29)24(3,4)5/h8-11,18,21,27H,6-7,12-17H2,1-5H3/t21-/m1/s1. The van der Waals surface area contributed by atoms with Crippen LogP contribution in [0.3, 0.4) is 0 Å². The van der Waals surface area contributed by atoms with Crippen LogP contribution in [0.1, 0.15) is 57.0 Å². The molecule has 1 N–H and O–H groups in total. The van der Waals surface area contributed by atoms with Gasteiger partial charge in [0.05, 0.1) is 13.2 Å². The number of carbonyl (C=O) groups excluding carboxylic acids is 2. The SMILES string of the molecule is CC(C)C(=O)CN1CCN(CCCc2ccc(C(=O)C(C)(C)C)cc2)[C@@H](CO)C1. The number of carbonyl (C=O) groups is 2. The van der Waals surface area contributed by atoms with Gasteiger partial charge in [-0.3, -0.25) is 19.4 Å². The highest BCUT2D eigenvalue weighted by Crippen LogP contribution is 2.21. The van der Waals surface area contributed by atoms with Gasteiger partial charge in [0.2, 0.25) is 0 Å². The van der Waals surface area contributed by atoms with Crippen molar-refractivity contribution in [1.29, 1.82) is 0 Å². The molecule has 29 heavy (non-hydrogen) atoms. The Morgan fingerprint density at radius 1 is 1.14 bits per heavy atom. The Bertz CT molecular complexity index is 676. The van der Waals surface area contributed by atoms with E-state index in [9.17, 15) is 14.7 Å². The lowest BCUT2D eigenvalue weighted by Crippen LogP contribution is -2.55. The highest BCUT2D eigenvalue weighted by Gasteiger charge is 2.27. The van der Waals surface area contributed by atoms with Gasteiger partial charge in [-0.05, 0) is 24.9 Å². The van der Waals surface area contributed by atoms with Gasteiger partial charge in [-0.2, -0.15) is 0 Å². The topological polar surface area (TPSA) is 60.9 Å². The molecule has 5 nitrogen and oxygen atoms in total. The molecule has 1 aromatic rings. The van der Waals surface area contributed by atoms with Crippen LogP contribution in [0.25, 0.3) is 0 Å². The van der Waals surface area contributed by atoms with Crippen molar-refractivity contribution >= 4 is 11.6 Å². The molecule has 0 unspecified atom stereocenters. The van der Waals surface area contributed by atoms with E-state index < -0.39 is 0 Å². The van der Waals surface area contributed by atoms with E-state index in [1.54, 1.807) is 0 Å². The molecule has 0 aliphatic carbocycles. The van der Waals surface area contributed by atoms with E-state index >= 15 is 0 Å². The Morgan fingerprint density at radius 3 is 2.34 bits per heavy atom. The number of hydrogen-bond acceptors (Lipinski definition) is 5. The van der Waals surface area contributed by atoms with Gasteiger partial charge in [-0.1, -0.05) is 58.9 Å². The summed E-state index contributed by atoms with van der Waals surface area (Å²) in [7, 11) is 0. The van der Waals surface area contributed by atoms with Crippen LogP contribution >= 0.6 is 0 Å². The van der Waals surface area contributed by atoms with Gasteiger partial charge in [-0.25, -0.2) is 0 Å². The van der Waals surface area contributed by atoms with Crippen LogP contribution < -0.4 is 0 Å². The average Bonchev–Trinajstić information content (AvgIpc) is 2.68. The summed E-state index contributed by atoms with van der Waals surface area (Å²) in [6, 6.07) is 8.07. The fourth-order valence-electron chi connectivity index (χ4n) is 3.71. The van der Waals surface area contributed by atoms with Crippen LogP contribution in [0.5, 0.6) is 0 Å². The van der Waals surface area contributed by atoms with Gasteiger partial charge in [0, 0.05) is 42.6 Å². The van der Waals surface area contributed by atoms with Crippen molar-refractivity contribution in [2.75, 3.05) is 39.3 Å². The number of benzene rings is 1. The lowest BCUT2D eigenvalue weighted by atomic mass is 9.86. The summed E-state index contributed by atoms with van der Waals surface area (Å²) >= 11 is 0. The number of rotatable bonds is 9. The molecule has 0 amide bonds. The van der Waals surface area contributed by atoms with Crippen molar-refractivity contribution < 1.29 is 14.7 Å². The molecule has 1 fully saturated rings. The largest absolute Gasteiger partial charge is 0.395 e. The van der Waals surface area contributed by atoms with E-state index in [4.69, 9.17) is 0 Å². The summed E-state index contributed by atoms with van der Waals surface area (Å²) in [4.78, 5) is 28.9. The van der Waals surface area contributed by atoms with Crippen LogP contribution in [0.2, 0.25) is 0 Å². The number of aryl methyl sites for hydroxylation is 1. The summed E-state index contributed by atoms with van der Waals surface area (Å²) < 4.78 is 0. The Kier molecular flexibility index (Phi) is 8.56. The summed E-state index contributed by atoms with van der Waals surface area (Å²) in [5.41, 5.74) is 1.65. The molecule has 0 saturated carbocycles. The average molecular weight is 403 g/mol. The van der Waals surface area contributed by atoms with Gasteiger partial charge in [0.1, 0.15) is 5.78 Å². The van der Waals surface area contributed by atoms with Gasteiger partial charge >= 0.3 is 0 Å². The van der Waals surface area contributed by atoms with Gasteiger partial charge in [-0.15, -0.1) is 0 Å². The van der Waals surface area contributed by atoms with Gasteiger partial charge in [0.15, 0.2) is 5.78 Å². The maximum absolute atomic E-state index is 12.3. The van der Waals surface area contributed by atoms with Crippen molar-refractivity contribution in [3.63, 3.8) is 0 Å². The Labute approximate surface area is 176 Å². The first-order chi connectivity index (χ1) is 13.6. The highest BCUT2D eigenvalue weighted by atomic mass is 16.3. The van der Waals surface area contributed by atoms with E-state index in [-0.39, 0.29) is 35.5 Å². The van der Waals surface area contributed by atoms with Crippen LogP contribution in [0, 0.1) is 11.3 Å². The zero-order valence-corrected chi connectivity index (χ0v) is 18.8. The molecule has 1 aromatic carbocycles. The fraction of sp³-hybridized carbons (Fsp3) is 0.667. The van der Waals surface area contributed by atoms with E-state index in [0.717, 1.165) is 44.6 Å².